The van der Waals surface area contributed by atoms with Gasteiger partial charge in [0, 0.05) is 23.9 Å². The van der Waals surface area contributed by atoms with Crippen molar-refractivity contribution in [2.24, 2.45) is 0 Å². The number of carbonyl (C=O) groups is 3. The number of hydrogen-bond donors (Lipinski definition) is 1. The van der Waals surface area contributed by atoms with Gasteiger partial charge < -0.3 is 5.32 Å². The van der Waals surface area contributed by atoms with E-state index in [-0.39, 0.29) is 28.3 Å². The van der Waals surface area contributed by atoms with Crippen LogP contribution in [0.2, 0.25) is 0 Å². The third-order valence-corrected chi connectivity index (χ3v) is 4.09. The number of carbonyl (C=O) groups excluding carboxylic acids is 3. The van der Waals surface area contributed by atoms with Crippen LogP contribution in [0.4, 0.5) is 14.5 Å². The van der Waals surface area contributed by atoms with E-state index in [1.807, 2.05) is 6.92 Å². The molecule has 0 saturated heterocycles. The Hall–Kier alpha value is -3.09. The Morgan fingerprint density at radius 2 is 1.65 bits per heavy atom. The smallest absolute Gasteiger partial charge is 0.261 e. The fourth-order valence-electron chi connectivity index (χ4n) is 2.78. The van der Waals surface area contributed by atoms with E-state index < -0.39 is 23.4 Å². The largest absolute Gasteiger partial charge is 0.322 e. The van der Waals surface area contributed by atoms with E-state index in [2.05, 4.69) is 5.32 Å². The highest BCUT2D eigenvalue weighted by Crippen LogP contribution is 2.25. The second kappa shape index (κ2) is 7.03. The first-order valence-electron chi connectivity index (χ1n) is 8.18. The minimum Gasteiger partial charge on any atom is -0.322 e. The average Bonchev–Trinajstić information content (AvgIpc) is 2.82. The monoisotopic (exact) mass is 358 g/mol. The van der Waals surface area contributed by atoms with Crippen molar-refractivity contribution in [2.75, 3.05) is 11.9 Å². The zero-order valence-electron chi connectivity index (χ0n) is 14.0. The van der Waals surface area contributed by atoms with E-state index in [0.29, 0.717) is 19.0 Å². The van der Waals surface area contributed by atoms with Crippen molar-refractivity contribution in [1.82, 2.24) is 4.90 Å². The average molecular weight is 358 g/mol. The van der Waals surface area contributed by atoms with Gasteiger partial charge in [-0.15, -0.1) is 0 Å². The van der Waals surface area contributed by atoms with Crippen LogP contribution in [-0.2, 0) is 0 Å². The molecule has 1 aliphatic rings. The van der Waals surface area contributed by atoms with Gasteiger partial charge in [-0.25, -0.2) is 8.78 Å². The van der Waals surface area contributed by atoms with E-state index in [1.54, 1.807) is 0 Å². The standard InChI is InChI=1S/C19H16F2N2O3/c1-2-3-6-23-18(25)15-5-4-11(7-16(15)19(23)26)17(24)22-14-9-12(20)8-13(21)10-14/h4-5,7-10H,2-3,6H2,1H3,(H,22,24). The third-order valence-electron chi connectivity index (χ3n) is 4.09. The molecule has 3 rings (SSSR count). The van der Waals surface area contributed by atoms with Crippen molar-refractivity contribution in [2.45, 2.75) is 19.8 Å². The second-order valence-electron chi connectivity index (χ2n) is 5.99. The zero-order valence-corrected chi connectivity index (χ0v) is 14.0. The fraction of sp³-hybridized carbons (Fsp3) is 0.211. The van der Waals surface area contributed by atoms with Gasteiger partial charge in [0.05, 0.1) is 11.1 Å². The van der Waals surface area contributed by atoms with Gasteiger partial charge in [0.15, 0.2) is 0 Å². The first-order chi connectivity index (χ1) is 12.4. The van der Waals surface area contributed by atoms with Gasteiger partial charge in [-0.05, 0) is 36.8 Å². The number of nitrogens with zero attached hydrogens (tertiary/aromatic N) is 1. The summed E-state index contributed by atoms with van der Waals surface area (Å²) in [6.07, 6.45) is 1.54. The first-order valence-corrected chi connectivity index (χ1v) is 8.18. The van der Waals surface area contributed by atoms with E-state index >= 15 is 0 Å². The third kappa shape index (κ3) is 3.33. The molecule has 0 spiro atoms. The maximum atomic E-state index is 13.2. The molecule has 2 aromatic rings. The fourth-order valence-corrected chi connectivity index (χ4v) is 2.78. The quantitative estimate of drug-likeness (QED) is 0.831. The van der Waals surface area contributed by atoms with Gasteiger partial charge >= 0.3 is 0 Å². The number of nitrogens with one attached hydrogen (secondary N) is 1. The molecule has 1 aliphatic heterocycles. The van der Waals surface area contributed by atoms with Gasteiger partial charge in [0.25, 0.3) is 17.7 Å². The molecular weight excluding hydrogens is 342 g/mol. The Bertz CT molecular complexity index is 891. The van der Waals surface area contributed by atoms with E-state index in [0.717, 1.165) is 23.5 Å². The lowest BCUT2D eigenvalue weighted by Gasteiger charge is -2.12. The number of imide groups is 1. The van der Waals surface area contributed by atoms with E-state index in [9.17, 15) is 23.2 Å². The molecule has 0 aromatic heterocycles. The number of hydrogen-bond acceptors (Lipinski definition) is 3. The summed E-state index contributed by atoms with van der Waals surface area (Å²) in [5.41, 5.74) is 0.482. The maximum absolute atomic E-state index is 13.2. The molecule has 1 heterocycles. The van der Waals surface area contributed by atoms with Crippen LogP contribution < -0.4 is 5.32 Å². The highest BCUT2D eigenvalue weighted by atomic mass is 19.1. The number of anilines is 1. The Kier molecular flexibility index (Phi) is 4.79. The Morgan fingerprint density at radius 1 is 1.00 bits per heavy atom. The van der Waals surface area contributed by atoms with Crippen LogP contribution in [0.5, 0.6) is 0 Å². The Morgan fingerprint density at radius 3 is 2.31 bits per heavy atom. The summed E-state index contributed by atoms with van der Waals surface area (Å²) < 4.78 is 26.4. The second-order valence-corrected chi connectivity index (χ2v) is 5.99. The number of amides is 3. The Labute approximate surface area is 148 Å². The number of benzene rings is 2. The van der Waals surface area contributed by atoms with Crippen molar-refractivity contribution >= 4 is 23.4 Å². The molecule has 26 heavy (non-hydrogen) atoms. The molecule has 0 atom stereocenters. The molecule has 7 heteroatoms. The molecule has 0 fully saturated rings. The van der Waals surface area contributed by atoms with Gasteiger partial charge in [-0.2, -0.15) is 0 Å². The van der Waals surface area contributed by atoms with Crippen LogP contribution in [-0.4, -0.2) is 29.2 Å². The van der Waals surface area contributed by atoms with Crippen LogP contribution in [0, 0.1) is 11.6 Å². The van der Waals surface area contributed by atoms with Gasteiger partial charge in [0.1, 0.15) is 11.6 Å². The molecule has 2 aromatic carbocycles. The van der Waals surface area contributed by atoms with Crippen LogP contribution in [0.25, 0.3) is 0 Å². The summed E-state index contributed by atoms with van der Waals surface area (Å²) in [6, 6.07) is 6.80. The topological polar surface area (TPSA) is 66.5 Å². The molecule has 5 nitrogen and oxygen atoms in total. The first kappa shape index (κ1) is 17.7. The maximum Gasteiger partial charge on any atom is 0.261 e. The summed E-state index contributed by atoms with van der Waals surface area (Å²) in [5, 5.41) is 2.37. The molecule has 0 bridgehead atoms. The Balaban J connectivity index is 1.83. The molecule has 1 N–H and O–H groups in total. The molecule has 0 unspecified atom stereocenters. The van der Waals surface area contributed by atoms with Crippen molar-refractivity contribution in [3.05, 3.63) is 64.7 Å². The lowest BCUT2D eigenvalue weighted by molar-refractivity contribution is 0.0652. The number of unbranched alkanes of at least 4 members (excludes halogenated alkanes) is 1. The van der Waals surface area contributed by atoms with Gasteiger partial charge in [-0.3, -0.25) is 19.3 Å². The van der Waals surface area contributed by atoms with Crippen molar-refractivity contribution in [3.8, 4) is 0 Å². The predicted octanol–water partition coefficient (Wildman–Crippen LogP) is 3.61. The van der Waals surface area contributed by atoms with E-state index in [4.69, 9.17) is 0 Å². The van der Waals surface area contributed by atoms with Crippen LogP contribution in [0.15, 0.2) is 36.4 Å². The molecule has 0 saturated carbocycles. The minimum atomic E-state index is -0.818. The number of rotatable bonds is 5. The number of fused-ring (bicyclic) bond motifs is 1. The normalized spacial score (nSPS) is 13.1. The summed E-state index contributed by atoms with van der Waals surface area (Å²) in [7, 11) is 0. The summed E-state index contributed by atoms with van der Waals surface area (Å²) in [4.78, 5) is 38.2. The molecular formula is C19H16F2N2O3. The SMILES string of the molecule is CCCCN1C(=O)c2ccc(C(=O)Nc3cc(F)cc(F)c3)cc2C1=O. The summed E-state index contributed by atoms with van der Waals surface area (Å²) >= 11 is 0. The molecule has 0 radical (unpaired) electrons. The van der Waals surface area contributed by atoms with Crippen LogP contribution in [0.1, 0.15) is 50.8 Å². The van der Waals surface area contributed by atoms with Gasteiger partial charge in [-0.1, -0.05) is 13.3 Å². The van der Waals surface area contributed by atoms with Crippen LogP contribution in [0.3, 0.4) is 0 Å². The predicted molar refractivity (Wildman–Crippen MR) is 91.0 cm³/mol. The lowest BCUT2D eigenvalue weighted by atomic mass is 10.1. The molecule has 0 aliphatic carbocycles. The highest BCUT2D eigenvalue weighted by Gasteiger charge is 2.35. The molecule has 134 valence electrons. The lowest BCUT2D eigenvalue weighted by Crippen LogP contribution is -2.30. The van der Waals surface area contributed by atoms with Crippen molar-refractivity contribution < 1.29 is 23.2 Å². The molecule has 3 amide bonds. The van der Waals surface area contributed by atoms with Crippen LogP contribution >= 0.6 is 0 Å². The van der Waals surface area contributed by atoms with E-state index in [1.165, 1.54) is 18.2 Å². The highest BCUT2D eigenvalue weighted by molar-refractivity contribution is 6.22. The summed E-state index contributed by atoms with van der Waals surface area (Å²) in [6.45, 7) is 2.28. The van der Waals surface area contributed by atoms with Gasteiger partial charge in [0.2, 0.25) is 0 Å². The van der Waals surface area contributed by atoms with Crippen molar-refractivity contribution in [1.29, 1.82) is 0 Å². The van der Waals surface area contributed by atoms with Crippen molar-refractivity contribution in [3.63, 3.8) is 0 Å². The zero-order chi connectivity index (χ0) is 18.8. The summed E-state index contributed by atoms with van der Waals surface area (Å²) in [5.74, 6) is -3.09. The number of halogens is 2. The minimum absolute atomic E-state index is 0.0417.